The molecule has 0 bridgehead atoms. The van der Waals surface area contributed by atoms with Crippen LogP contribution in [-0.4, -0.2) is 41.8 Å². The number of rotatable bonds is 3. The third kappa shape index (κ3) is 3.47. The second kappa shape index (κ2) is 6.69. The molecule has 0 spiro atoms. The van der Waals surface area contributed by atoms with E-state index in [2.05, 4.69) is 32.4 Å². The van der Waals surface area contributed by atoms with Crippen molar-refractivity contribution in [3.63, 3.8) is 0 Å². The minimum absolute atomic E-state index is 0.455. The topological polar surface area (TPSA) is 62.3 Å². The van der Waals surface area contributed by atoms with E-state index in [-0.39, 0.29) is 0 Å². The molecule has 110 valence electrons. The first-order chi connectivity index (χ1) is 9.63. The van der Waals surface area contributed by atoms with Gasteiger partial charge in [0.1, 0.15) is 5.82 Å². The van der Waals surface area contributed by atoms with E-state index in [9.17, 15) is 0 Å². The number of hydrogen-bond donors (Lipinski definition) is 2. The van der Waals surface area contributed by atoms with Gasteiger partial charge >= 0.3 is 0 Å². The molecule has 2 N–H and O–H groups in total. The summed E-state index contributed by atoms with van der Waals surface area (Å²) in [6.45, 7) is 3.23. The monoisotopic (exact) mass is 295 g/mol. The number of nitrogens with one attached hydrogen (secondary N) is 2. The van der Waals surface area contributed by atoms with E-state index < -0.39 is 0 Å². The van der Waals surface area contributed by atoms with E-state index in [0.29, 0.717) is 23.0 Å². The molecule has 0 saturated carbocycles. The van der Waals surface area contributed by atoms with E-state index in [1.807, 2.05) is 6.07 Å². The maximum atomic E-state index is 5.26. The lowest BCUT2D eigenvalue weighted by atomic mass is 10.0. The smallest absolute Gasteiger partial charge is 0.234 e. The predicted molar refractivity (Wildman–Crippen MR) is 84.5 cm³/mol. The fourth-order valence-corrected chi connectivity index (χ4v) is 2.41. The summed E-state index contributed by atoms with van der Waals surface area (Å²) in [6.07, 6.45) is 3.65. The van der Waals surface area contributed by atoms with Crippen LogP contribution >= 0.6 is 12.2 Å². The lowest BCUT2D eigenvalue weighted by molar-refractivity contribution is 0.396. The largest absolute Gasteiger partial charge is 0.481 e. The van der Waals surface area contributed by atoms with Gasteiger partial charge in [0.25, 0.3) is 0 Å². The molecule has 6 nitrogen and oxygen atoms in total. The van der Waals surface area contributed by atoms with Crippen LogP contribution in [0.1, 0.15) is 26.2 Å². The molecule has 0 aromatic carbocycles. The Morgan fingerprint density at radius 2 is 2.25 bits per heavy atom. The van der Waals surface area contributed by atoms with Gasteiger partial charge in [0.15, 0.2) is 5.11 Å². The minimum Gasteiger partial charge on any atom is -0.481 e. The third-order valence-electron chi connectivity index (χ3n) is 3.45. The molecule has 0 unspecified atom stereocenters. The summed E-state index contributed by atoms with van der Waals surface area (Å²) in [4.78, 5) is 11.1. The average molecular weight is 295 g/mol. The summed E-state index contributed by atoms with van der Waals surface area (Å²) >= 11 is 5.08. The summed E-state index contributed by atoms with van der Waals surface area (Å²) in [6, 6.07) is 2.35. The number of methoxy groups -OCH3 is 1. The van der Waals surface area contributed by atoms with Crippen LogP contribution in [0.5, 0.6) is 5.88 Å². The fourth-order valence-electron chi connectivity index (χ4n) is 2.32. The number of aromatic nitrogens is 2. The van der Waals surface area contributed by atoms with Crippen LogP contribution in [0.15, 0.2) is 6.07 Å². The van der Waals surface area contributed by atoms with Gasteiger partial charge in [-0.05, 0) is 38.4 Å². The van der Waals surface area contributed by atoms with Gasteiger partial charge < -0.3 is 20.3 Å². The Balaban J connectivity index is 2.27. The summed E-state index contributed by atoms with van der Waals surface area (Å²) in [5, 5.41) is 6.28. The van der Waals surface area contributed by atoms with Crippen molar-refractivity contribution in [1.29, 1.82) is 0 Å². The molecule has 1 aromatic heterocycles. The van der Waals surface area contributed by atoms with Gasteiger partial charge in [0, 0.05) is 25.7 Å². The molecule has 2 heterocycles. The highest BCUT2D eigenvalue weighted by molar-refractivity contribution is 7.80. The molecule has 2 rings (SSSR count). The Kier molecular flexibility index (Phi) is 4.94. The van der Waals surface area contributed by atoms with Crippen molar-refractivity contribution in [3.05, 3.63) is 6.07 Å². The zero-order valence-electron chi connectivity index (χ0n) is 12.1. The molecular weight excluding hydrogens is 274 g/mol. The Labute approximate surface area is 124 Å². The Hall–Kier alpha value is -1.63. The van der Waals surface area contributed by atoms with Crippen LogP contribution < -0.4 is 20.3 Å². The molecule has 0 aliphatic carbocycles. The highest BCUT2D eigenvalue weighted by Crippen LogP contribution is 2.26. The first-order valence-electron chi connectivity index (χ1n) is 6.82. The van der Waals surface area contributed by atoms with E-state index in [1.165, 1.54) is 19.3 Å². The first kappa shape index (κ1) is 14.8. The van der Waals surface area contributed by atoms with Gasteiger partial charge in [-0.25, -0.2) is 0 Å². The van der Waals surface area contributed by atoms with Crippen molar-refractivity contribution in [2.24, 2.45) is 0 Å². The number of ether oxygens (including phenoxy) is 1. The molecule has 20 heavy (non-hydrogen) atoms. The number of nitrogens with zero attached hydrogens (tertiary/aromatic N) is 3. The average Bonchev–Trinajstić information content (AvgIpc) is 2.47. The lowest BCUT2D eigenvalue weighted by Crippen LogP contribution is -2.38. The van der Waals surface area contributed by atoms with Gasteiger partial charge in [-0.3, -0.25) is 0 Å². The molecule has 1 aromatic rings. The predicted octanol–water partition coefficient (Wildman–Crippen LogP) is 1.78. The SMILES string of the molecule is CNC(=S)Nc1nc(OC)cc(N2CCCC[C@@H]2C)n1. The van der Waals surface area contributed by atoms with E-state index in [1.54, 1.807) is 14.2 Å². The maximum absolute atomic E-state index is 5.26. The van der Waals surface area contributed by atoms with Crippen molar-refractivity contribution < 1.29 is 4.74 Å². The van der Waals surface area contributed by atoms with Crippen LogP contribution in [0, 0.1) is 0 Å². The van der Waals surface area contributed by atoms with Crippen LogP contribution in [-0.2, 0) is 0 Å². The Bertz CT molecular complexity index is 482. The number of piperidine rings is 1. The normalized spacial score (nSPS) is 18.6. The molecule has 1 aliphatic heterocycles. The van der Waals surface area contributed by atoms with Gasteiger partial charge in [0.05, 0.1) is 7.11 Å². The molecular formula is C13H21N5OS. The number of hydrogen-bond acceptors (Lipinski definition) is 5. The van der Waals surface area contributed by atoms with Gasteiger partial charge in [-0.1, -0.05) is 0 Å². The molecule has 0 radical (unpaired) electrons. The van der Waals surface area contributed by atoms with Crippen LogP contribution in [0.4, 0.5) is 11.8 Å². The third-order valence-corrected chi connectivity index (χ3v) is 3.75. The van der Waals surface area contributed by atoms with Crippen molar-refractivity contribution in [3.8, 4) is 5.88 Å². The Morgan fingerprint density at radius 1 is 1.45 bits per heavy atom. The van der Waals surface area contributed by atoms with Gasteiger partial charge in [-0.2, -0.15) is 9.97 Å². The minimum atomic E-state index is 0.455. The second-order valence-corrected chi connectivity index (χ2v) is 5.24. The standard InChI is InChI=1S/C13H21N5OS/c1-9-6-4-5-7-18(9)10-8-11(19-3)16-12(15-10)17-13(20)14-2/h8-9H,4-7H2,1-3H3,(H2,14,15,16,17,20)/t9-/m0/s1. The van der Waals surface area contributed by atoms with E-state index in [4.69, 9.17) is 17.0 Å². The molecule has 1 fully saturated rings. The summed E-state index contributed by atoms with van der Waals surface area (Å²) < 4.78 is 5.26. The summed E-state index contributed by atoms with van der Waals surface area (Å²) in [5.41, 5.74) is 0. The highest BCUT2D eigenvalue weighted by Gasteiger charge is 2.21. The zero-order valence-corrected chi connectivity index (χ0v) is 13.0. The molecule has 1 saturated heterocycles. The Morgan fingerprint density at radius 3 is 2.90 bits per heavy atom. The first-order valence-corrected chi connectivity index (χ1v) is 7.23. The molecule has 1 atom stereocenters. The number of anilines is 2. The van der Waals surface area contributed by atoms with Crippen LogP contribution in [0.3, 0.4) is 0 Å². The fraction of sp³-hybridized carbons (Fsp3) is 0.615. The van der Waals surface area contributed by atoms with Crippen molar-refractivity contribution in [2.75, 3.05) is 30.9 Å². The van der Waals surface area contributed by atoms with E-state index in [0.717, 1.165) is 12.4 Å². The van der Waals surface area contributed by atoms with Crippen LogP contribution in [0.2, 0.25) is 0 Å². The van der Waals surface area contributed by atoms with E-state index >= 15 is 0 Å². The molecule has 7 heteroatoms. The molecule has 0 amide bonds. The van der Waals surface area contributed by atoms with Crippen molar-refractivity contribution >= 4 is 29.1 Å². The van der Waals surface area contributed by atoms with Gasteiger partial charge in [0.2, 0.25) is 11.8 Å². The lowest BCUT2D eigenvalue weighted by Gasteiger charge is -2.34. The summed E-state index contributed by atoms with van der Waals surface area (Å²) in [7, 11) is 3.36. The number of thiocarbonyl (C=S) groups is 1. The van der Waals surface area contributed by atoms with Crippen LogP contribution in [0.25, 0.3) is 0 Å². The second-order valence-electron chi connectivity index (χ2n) is 4.83. The van der Waals surface area contributed by atoms with Crippen molar-refractivity contribution in [2.45, 2.75) is 32.2 Å². The highest BCUT2D eigenvalue weighted by atomic mass is 32.1. The zero-order chi connectivity index (χ0) is 14.5. The maximum Gasteiger partial charge on any atom is 0.234 e. The quantitative estimate of drug-likeness (QED) is 0.824. The summed E-state index contributed by atoms with van der Waals surface area (Å²) in [5.74, 6) is 1.87. The molecule has 1 aliphatic rings. The van der Waals surface area contributed by atoms with Crippen molar-refractivity contribution in [1.82, 2.24) is 15.3 Å². The van der Waals surface area contributed by atoms with Gasteiger partial charge in [-0.15, -0.1) is 0 Å².